The molecule has 90 valence electrons. The van der Waals surface area contributed by atoms with E-state index < -0.39 is 0 Å². The van der Waals surface area contributed by atoms with Crippen LogP contribution in [0.1, 0.15) is 27.7 Å². The highest BCUT2D eigenvalue weighted by atomic mass is 16.5. The molecule has 1 N–H and O–H groups in total. The molecule has 1 saturated heterocycles. The third kappa shape index (κ3) is 3.44. The molecule has 1 rings (SSSR count). The Kier molecular flexibility index (Phi) is 5.03. The van der Waals surface area contributed by atoms with Gasteiger partial charge in [0.2, 0.25) is 0 Å². The van der Waals surface area contributed by atoms with Crippen molar-refractivity contribution < 1.29 is 4.74 Å². The van der Waals surface area contributed by atoms with Crippen molar-refractivity contribution in [3.05, 3.63) is 0 Å². The first kappa shape index (κ1) is 12.9. The zero-order chi connectivity index (χ0) is 11.4. The van der Waals surface area contributed by atoms with E-state index in [1.807, 2.05) is 7.05 Å². The summed E-state index contributed by atoms with van der Waals surface area (Å²) < 4.78 is 5.67. The zero-order valence-electron chi connectivity index (χ0n) is 10.8. The van der Waals surface area contributed by atoms with Crippen LogP contribution in [0.2, 0.25) is 0 Å². The van der Waals surface area contributed by atoms with Gasteiger partial charge in [0.25, 0.3) is 0 Å². The second-order valence-electron chi connectivity index (χ2n) is 5.06. The number of rotatable bonds is 4. The maximum atomic E-state index is 5.67. The fourth-order valence-electron chi connectivity index (χ4n) is 2.34. The molecule has 1 aliphatic rings. The monoisotopic (exact) mass is 214 g/mol. The molecule has 1 aliphatic heterocycles. The molecule has 1 fully saturated rings. The van der Waals surface area contributed by atoms with Gasteiger partial charge >= 0.3 is 0 Å². The molecule has 0 aromatic heterocycles. The van der Waals surface area contributed by atoms with Gasteiger partial charge in [0.1, 0.15) is 0 Å². The molecular formula is C12H26N2O. The average molecular weight is 214 g/mol. The molecule has 3 heteroatoms. The van der Waals surface area contributed by atoms with Crippen LogP contribution in [-0.2, 0) is 4.74 Å². The number of nitrogens with one attached hydrogen (secondary N) is 1. The zero-order valence-corrected chi connectivity index (χ0v) is 10.8. The lowest BCUT2D eigenvalue weighted by molar-refractivity contribution is -0.0722. The Morgan fingerprint density at radius 2 is 2.07 bits per heavy atom. The minimum absolute atomic E-state index is 0.374. The Balaban J connectivity index is 2.62. The van der Waals surface area contributed by atoms with Crippen molar-refractivity contribution in [2.75, 3.05) is 26.7 Å². The molecule has 3 atom stereocenters. The van der Waals surface area contributed by atoms with Crippen LogP contribution >= 0.6 is 0 Å². The maximum Gasteiger partial charge on any atom is 0.0674 e. The Morgan fingerprint density at radius 1 is 1.40 bits per heavy atom. The van der Waals surface area contributed by atoms with E-state index in [0.29, 0.717) is 24.1 Å². The van der Waals surface area contributed by atoms with Crippen molar-refractivity contribution in [2.45, 2.75) is 45.9 Å². The quantitative estimate of drug-likeness (QED) is 0.764. The highest BCUT2D eigenvalue weighted by molar-refractivity contribution is 4.84. The number of hydrogen-bond donors (Lipinski definition) is 1. The molecule has 15 heavy (non-hydrogen) atoms. The lowest BCUT2D eigenvalue weighted by atomic mass is 9.99. The Morgan fingerprint density at radius 3 is 2.60 bits per heavy atom. The highest BCUT2D eigenvalue weighted by Gasteiger charge is 2.30. The second kappa shape index (κ2) is 5.83. The van der Waals surface area contributed by atoms with E-state index in [-0.39, 0.29) is 0 Å². The van der Waals surface area contributed by atoms with Crippen molar-refractivity contribution in [1.82, 2.24) is 10.2 Å². The molecule has 3 unspecified atom stereocenters. The number of likely N-dealkylation sites (N-methyl/N-ethyl adjacent to an activating group) is 1. The average Bonchev–Trinajstić information content (AvgIpc) is 2.18. The molecule has 1 heterocycles. The second-order valence-corrected chi connectivity index (χ2v) is 5.06. The van der Waals surface area contributed by atoms with E-state index in [4.69, 9.17) is 4.74 Å². The van der Waals surface area contributed by atoms with E-state index in [1.165, 1.54) is 0 Å². The number of nitrogens with zero attached hydrogens (tertiary/aromatic N) is 1. The number of ether oxygens (including phenoxy) is 1. The van der Waals surface area contributed by atoms with Crippen molar-refractivity contribution in [3.8, 4) is 0 Å². The first-order valence-corrected chi connectivity index (χ1v) is 6.08. The van der Waals surface area contributed by atoms with Gasteiger partial charge in [-0.1, -0.05) is 13.8 Å². The van der Waals surface area contributed by atoms with Gasteiger partial charge in [0.05, 0.1) is 12.7 Å². The Hall–Kier alpha value is -0.120. The van der Waals surface area contributed by atoms with Crippen LogP contribution in [0.15, 0.2) is 0 Å². The van der Waals surface area contributed by atoms with Crippen LogP contribution < -0.4 is 5.32 Å². The summed E-state index contributed by atoms with van der Waals surface area (Å²) in [7, 11) is 2.03. The summed E-state index contributed by atoms with van der Waals surface area (Å²) in [5, 5.41) is 3.30. The SMILES string of the molecule is CNCC(C(C)C)N1CC(C)OCC1C. The molecule has 0 spiro atoms. The van der Waals surface area contributed by atoms with E-state index in [0.717, 1.165) is 19.7 Å². The van der Waals surface area contributed by atoms with Crippen molar-refractivity contribution in [1.29, 1.82) is 0 Å². The van der Waals surface area contributed by atoms with E-state index in [9.17, 15) is 0 Å². The van der Waals surface area contributed by atoms with Gasteiger partial charge in [-0.25, -0.2) is 0 Å². The fraction of sp³-hybridized carbons (Fsp3) is 1.00. The smallest absolute Gasteiger partial charge is 0.0674 e. The van der Waals surface area contributed by atoms with Gasteiger partial charge < -0.3 is 10.1 Å². The largest absolute Gasteiger partial charge is 0.376 e. The van der Waals surface area contributed by atoms with E-state index >= 15 is 0 Å². The van der Waals surface area contributed by atoms with Gasteiger partial charge in [-0.2, -0.15) is 0 Å². The minimum Gasteiger partial charge on any atom is -0.376 e. The number of morpholine rings is 1. The van der Waals surface area contributed by atoms with Crippen molar-refractivity contribution in [3.63, 3.8) is 0 Å². The number of hydrogen-bond acceptors (Lipinski definition) is 3. The van der Waals surface area contributed by atoms with Crippen molar-refractivity contribution in [2.24, 2.45) is 5.92 Å². The van der Waals surface area contributed by atoms with Gasteiger partial charge in [-0.3, -0.25) is 4.90 Å². The predicted octanol–water partition coefficient (Wildman–Crippen LogP) is 1.34. The minimum atomic E-state index is 0.374. The molecule has 0 saturated carbocycles. The fourth-order valence-corrected chi connectivity index (χ4v) is 2.34. The normalized spacial score (nSPS) is 30.8. The molecule has 0 aromatic rings. The van der Waals surface area contributed by atoms with Crippen LogP contribution in [-0.4, -0.2) is 49.8 Å². The van der Waals surface area contributed by atoms with Crippen LogP contribution in [0.3, 0.4) is 0 Å². The summed E-state index contributed by atoms with van der Waals surface area (Å²) in [4.78, 5) is 2.59. The lowest BCUT2D eigenvalue weighted by Crippen LogP contribution is -2.56. The first-order chi connectivity index (χ1) is 7.06. The lowest BCUT2D eigenvalue weighted by Gasteiger charge is -2.43. The third-order valence-electron chi connectivity index (χ3n) is 3.26. The Labute approximate surface area is 94.2 Å². The van der Waals surface area contributed by atoms with Crippen LogP contribution in [0, 0.1) is 5.92 Å². The van der Waals surface area contributed by atoms with Gasteiger partial charge in [-0.05, 0) is 26.8 Å². The van der Waals surface area contributed by atoms with E-state index in [1.54, 1.807) is 0 Å². The summed E-state index contributed by atoms with van der Waals surface area (Å²) in [6.07, 6.45) is 0.374. The van der Waals surface area contributed by atoms with Crippen LogP contribution in [0.4, 0.5) is 0 Å². The molecule has 0 radical (unpaired) electrons. The van der Waals surface area contributed by atoms with Crippen LogP contribution in [0.5, 0.6) is 0 Å². The molecular weight excluding hydrogens is 188 g/mol. The molecule has 0 aliphatic carbocycles. The standard InChI is InChI=1S/C12H26N2O/c1-9(2)12(6-13-5)14-7-11(4)15-8-10(14)3/h9-13H,6-8H2,1-5H3. The topological polar surface area (TPSA) is 24.5 Å². The summed E-state index contributed by atoms with van der Waals surface area (Å²) >= 11 is 0. The van der Waals surface area contributed by atoms with Crippen LogP contribution in [0.25, 0.3) is 0 Å². The molecule has 3 nitrogen and oxygen atoms in total. The van der Waals surface area contributed by atoms with Gasteiger partial charge in [-0.15, -0.1) is 0 Å². The highest BCUT2D eigenvalue weighted by Crippen LogP contribution is 2.19. The summed E-state index contributed by atoms with van der Waals surface area (Å²) in [5.74, 6) is 0.685. The van der Waals surface area contributed by atoms with Gasteiger partial charge in [0.15, 0.2) is 0 Å². The Bertz CT molecular complexity index is 184. The maximum absolute atomic E-state index is 5.67. The summed E-state index contributed by atoms with van der Waals surface area (Å²) in [6, 6.07) is 1.17. The predicted molar refractivity (Wildman–Crippen MR) is 64.1 cm³/mol. The first-order valence-electron chi connectivity index (χ1n) is 6.08. The molecule has 0 bridgehead atoms. The van der Waals surface area contributed by atoms with Crippen molar-refractivity contribution >= 4 is 0 Å². The molecule has 0 amide bonds. The third-order valence-corrected chi connectivity index (χ3v) is 3.26. The summed E-state index contributed by atoms with van der Waals surface area (Å²) in [5.41, 5.74) is 0. The van der Waals surface area contributed by atoms with E-state index in [2.05, 4.69) is 37.9 Å². The van der Waals surface area contributed by atoms with Gasteiger partial charge in [0, 0.05) is 25.2 Å². The molecule has 0 aromatic carbocycles. The summed E-state index contributed by atoms with van der Waals surface area (Å²) in [6.45, 7) is 12.0.